The highest BCUT2D eigenvalue weighted by Crippen LogP contribution is 2.21. The summed E-state index contributed by atoms with van der Waals surface area (Å²) in [7, 11) is 0. The molecular weight excluding hydrogens is 246 g/mol. The molecule has 2 nitrogen and oxygen atoms in total. The average molecular weight is 269 g/mol. The number of rotatable bonds is 5. The zero-order chi connectivity index (χ0) is 14.5. The van der Waals surface area contributed by atoms with E-state index in [1.165, 1.54) is 27.9 Å². The Labute approximate surface area is 121 Å². The van der Waals surface area contributed by atoms with Crippen LogP contribution in [-0.4, -0.2) is 13.2 Å². The zero-order valence-electron chi connectivity index (χ0n) is 12.8. The zero-order valence-corrected chi connectivity index (χ0v) is 12.8. The van der Waals surface area contributed by atoms with E-state index in [2.05, 4.69) is 57.3 Å². The molecule has 0 atom stereocenters. The van der Waals surface area contributed by atoms with Gasteiger partial charge in [0.1, 0.15) is 12.4 Å². The summed E-state index contributed by atoms with van der Waals surface area (Å²) in [6, 6.07) is 12.6. The van der Waals surface area contributed by atoms with Crippen LogP contribution in [0.3, 0.4) is 0 Å². The van der Waals surface area contributed by atoms with Crippen molar-refractivity contribution < 1.29 is 4.74 Å². The molecular formula is C18H23NO. The summed E-state index contributed by atoms with van der Waals surface area (Å²) in [5.41, 5.74) is 6.33. The summed E-state index contributed by atoms with van der Waals surface area (Å²) in [6.45, 7) is 9.96. The van der Waals surface area contributed by atoms with E-state index in [9.17, 15) is 0 Å². The van der Waals surface area contributed by atoms with Crippen LogP contribution < -0.4 is 10.1 Å². The predicted molar refractivity (Wildman–Crippen MR) is 85.8 cm³/mol. The molecule has 0 saturated heterocycles. The van der Waals surface area contributed by atoms with Crippen molar-refractivity contribution in [2.75, 3.05) is 18.5 Å². The van der Waals surface area contributed by atoms with Gasteiger partial charge in [-0.05, 0) is 56.5 Å². The van der Waals surface area contributed by atoms with Crippen LogP contribution in [0.2, 0.25) is 0 Å². The quantitative estimate of drug-likeness (QED) is 0.812. The van der Waals surface area contributed by atoms with Crippen LogP contribution in [0.1, 0.15) is 22.3 Å². The van der Waals surface area contributed by atoms with Gasteiger partial charge in [-0.3, -0.25) is 0 Å². The van der Waals surface area contributed by atoms with Crippen molar-refractivity contribution in [3.05, 3.63) is 58.7 Å². The molecule has 0 saturated carbocycles. The number of anilines is 1. The molecule has 0 fully saturated rings. The Hall–Kier alpha value is -1.96. The van der Waals surface area contributed by atoms with Crippen molar-refractivity contribution in [3.8, 4) is 5.75 Å². The highest BCUT2D eigenvalue weighted by Gasteiger charge is 2.03. The van der Waals surface area contributed by atoms with Gasteiger partial charge >= 0.3 is 0 Å². The Kier molecular flexibility index (Phi) is 4.67. The van der Waals surface area contributed by atoms with Gasteiger partial charge in [-0.25, -0.2) is 0 Å². The molecule has 20 heavy (non-hydrogen) atoms. The van der Waals surface area contributed by atoms with Gasteiger partial charge in [0.25, 0.3) is 0 Å². The second kappa shape index (κ2) is 6.47. The van der Waals surface area contributed by atoms with E-state index in [4.69, 9.17) is 4.74 Å². The van der Waals surface area contributed by atoms with Crippen molar-refractivity contribution in [1.29, 1.82) is 0 Å². The lowest BCUT2D eigenvalue weighted by atomic mass is 10.1. The molecule has 0 amide bonds. The molecule has 0 aliphatic rings. The number of hydrogen-bond donors (Lipinski definition) is 1. The van der Waals surface area contributed by atoms with Crippen LogP contribution in [0.25, 0.3) is 0 Å². The standard InChI is InChI=1S/C18H23NO/c1-13-6-5-7-17(12-13)20-9-8-19-18-15(3)10-14(2)11-16(18)4/h5-7,10-12,19H,8-9H2,1-4H3. The van der Waals surface area contributed by atoms with Gasteiger partial charge in [0, 0.05) is 12.2 Å². The molecule has 106 valence electrons. The topological polar surface area (TPSA) is 21.3 Å². The largest absolute Gasteiger partial charge is 0.492 e. The number of aryl methyl sites for hydroxylation is 4. The fourth-order valence-corrected chi connectivity index (χ4v) is 2.51. The summed E-state index contributed by atoms with van der Waals surface area (Å²) < 4.78 is 5.75. The third kappa shape index (κ3) is 3.77. The highest BCUT2D eigenvalue weighted by molar-refractivity contribution is 5.58. The molecule has 2 aromatic carbocycles. The number of ether oxygens (including phenoxy) is 1. The molecule has 2 rings (SSSR count). The minimum atomic E-state index is 0.663. The van der Waals surface area contributed by atoms with Gasteiger partial charge < -0.3 is 10.1 Å². The minimum absolute atomic E-state index is 0.663. The lowest BCUT2D eigenvalue weighted by molar-refractivity contribution is 0.332. The van der Waals surface area contributed by atoms with Crippen molar-refractivity contribution in [2.45, 2.75) is 27.7 Å². The van der Waals surface area contributed by atoms with Gasteiger partial charge in [0.15, 0.2) is 0 Å². The molecule has 0 unspecified atom stereocenters. The lowest BCUT2D eigenvalue weighted by Crippen LogP contribution is -2.13. The Morgan fingerprint density at radius 3 is 2.25 bits per heavy atom. The predicted octanol–water partition coefficient (Wildman–Crippen LogP) is 4.41. The first-order valence-corrected chi connectivity index (χ1v) is 7.07. The van der Waals surface area contributed by atoms with E-state index in [-0.39, 0.29) is 0 Å². The van der Waals surface area contributed by atoms with Crippen molar-refractivity contribution in [2.24, 2.45) is 0 Å². The molecule has 2 heteroatoms. The van der Waals surface area contributed by atoms with Gasteiger partial charge in [-0.15, -0.1) is 0 Å². The molecule has 0 spiro atoms. The summed E-state index contributed by atoms with van der Waals surface area (Å²) in [6.07, 6.45) is 0. The highest BCUT2D eigenvalue weighted by atomic mass is 16.5. The van der Waals surface area contributed by atoms with Crippen LogP contribution in [0, 0.1) is 27.7 Å². The smallest absolute Gasteiger partial charge is 0.119 e. The Bertz CT molecular complexity index is 567. The molecule has 0 aliphatic heterocycles. The van der Waals surface area contributed by atoms with E-state index >= 15 is 0 Å². The first-order chi connectivity index (χ1) is 9.56. The molecule has 2 aromatic rings. The Balaban J connectivity index is 1.88. The van der Waals surface area contributed by atoms with E-state index in [1.54, 1.807) is 0 Å². The maximum Gasteiger partial charge on any atom is 0.119 e. The first-order valence-electron chi connectivity index (χ1n) is 7.07. The SMILES string of the molecule is Cc1cccc(OCCNc2c(C)cc(C)cc2C)c1. The summed E-state index contributed by atoms with van der Waals surface area (Å²) in [5, 5.41) is 3.47. The third-order valence-electron chi connectivity index (χ3n) is 3.34. The monoisotopic (exact) mass is 269 g/mol. The number of hydrogen-bond acceptors (Lipinski definition) is 2. The Morgan fingerprint density at radius 1 is 0.900 bits per heavy atom. The molecule has 1 N–H and O–H groups in total. The lowest BCUT2D eigenvalue weighted by Gasteiger charge is -2.14. The van der Waals surface area contributed by atoms with Crippen LogP contribution in [0.5, 0.6) is 5.75 Å². The van der Waals surface area contributed by atoms with E-state index < -0.39 is 0 Å². The maximum absolute atomic E-state index is 5.75. The second-order valence-corrected chi connectivity index (χ2v) is 5.37. The van der Waals surface area contributed by atoms with Crippen LogP contribution in [0.4, 0.5) is 5.69 Å². The molecule has 0 aromatic heterocycles. The number of nitrogens with one attached hydrogen (secondary N) is 1. The molecule has 0 heterocycles. The van der Waals surface area contributed by atoms with Crippen molar-refractivity contribution >= 4 is 5.69 Å². The molecule has 0 bridgehead atoms. The fraction of sp³-hybridized carbons (Fsp3) is 0.333. The van der Waals surface area contributed by atoms with Gasteiger partial charge in [-0.2, -0.15) is 0 Å². The fourth-order valence-electron chi connectivity index (χ4n) is 2.51. The molecule has 0 aliphatic carbocycles. The van der Waals surface area contributed by atoms with Gasteiger partial charge in [-0.1, -0.05) is 29.8 Å². The normalized spacial score (nSPS) is 10.4. The summed E-state index contributed by atoms with van der Waals surface area (Å²) in [4.78, 5) is 0. The molecule has 0 radical (unpaired) electrons. The Morgan fingerprint density at radius 2 is 1.60 bits per heavy atom. The van der Waals surface area contributed by atoms with Crippen LogP contribution >= 0.6 is 0 Å². The third-order valence-corrected chi connectivity index (χ3v) is 3.34. The maximum atomic E-state index is 5.75. The van der Waals surface area contributed by atoms with E-state index in [0.717, 1.165) is 12.3 Å². The minimum Gasteiger partial charge on any atom is -0.492 e. The first kappa shape index (κ1) is 14.4. The second-order valence-electron chi connectivity index (χ2n) is 5.37. The van der Waals surface area contributed by atoms with Crippen LogP contribution in [0.15, 0.2) is 36.4 Å². The van der Waals surface area contributed by atoms with Gasteiger partial charge in [0.05, 0.1) is 0 Å². The van der Waals surface area contributed by atoms with E-state index in [0.29, 0.717) is 6.61 Å². The van der Waals surface area contributed by atoms with Gasteiger partial charge in [0.2, 0.25) is 0 Å². The summed E-state index contributed by atoms with van der Waals surface area (Å²) >= 11 is 0. The summed E-state index contributed by atoms with van der Waals surface area (Å²) in [5.74, 6) is 0.934. The number of benzene rings is 2. The average Bonchev–Trinajstić information content (AvgIpc) is 2.36. The van der Waals surface area contributed by atoms with Crippen molar-refractivity contribution in [1.82, 2.24) is 0 Å². The van der Waals surface area contributed by atoms with E-state index in [1.807, 2.05) is 12.1 Å². The van der Waals surface area contributed by atoms with Crippen molar-refractivity contribution in [3.63, 3.8) is 0 Å². The van der Waals surface area contributed by atoms with Crippen LogP contribution in [-0.2, 0) is 0 Å².